The highest BCUT2D eigenvalue weighted by Crippen LogP contribution is 2.29. The second-order valence-electron chi connectivity index (χ2n) is 10.9. The molecule has 4 N–H and O–H groups in total. The third kappa shape index (κ3) is 13.8. The van der Waals surface area contributed by atoms with Crippen LogP contribution in [-0.4, -0.2) is 68.5 Å². The van der Waals surface area contributed by atoms with E-state index in [1.807, 2.05) is 45.9 Å². The number of ether oxygens (including phenoxy) is 2. The summed E-state index contributed by atoms with van der Waals surface area (Å²) in [5, 5.41) is 10.9. The van der Waals surface area contributed by atoms with Crippen LogP contribution in [0.3, 0.4) is 0 Å². The molecule has 2 aromatic rings. The molecule has 1 fully saturated rings. The normalized spacial score (nSPS) is 15.3. The summed E-state index contributed by atoms with van der Waals surface area (Å²) in [7, 11) is 1.19. The van der Waals surface area contributed by atoms with E-state index in [1.54, 1.807) is 38.1 Å². The summed E-state index contributed by atoms with van der Waals surface area (Å²) in [6, 6.07) is 13.4. The Morgan fingerprint density at radius 1 is 1.02 bits per heavy atom. The first-order chi connectivity index (χ1) is 23.0. The zero-order valence-electron chi connectivity index (χ0n) is 29.3. The average molecular weight is 687 g/mol. The van der Waals surface area contributed by atoms with E-state index in [2.05, 4.69) is 40.3 Å². The average Bonchev–Trinajstić information content (AvgIpc) is 3.50. The van der Waals surface area contributed by atoms with Gasteiger partial charge in [0.15, 0.2) is 0 Å². The second-order valence-corrected chi connectivity index (χ2v) is 11.3. The van der Waals surface area contributed by atoms with Crippen LogP contribution in [0.4, 0.5) is 0 Å². The molecule has 1 saturated heterocycles. The van der Waals surface area contributed by atoms with E-state index in [0.717, 1.165) is 0 Å². The summed E-state index contributed by atoms with van der Waals surface area (Å²) in [6.07, 6.45) is 2.30. The van der Waals surface area contributed by atoms with Crippen molar-refractivity contribution in [2.75, 3.05) is 26.8 Å². The number of amides is 4. The number of halogens is 1. The molecule has 4 rings (SSSR count). The third-order valence-corrected chi connectivity index (χ3v) is 7.31. The van der Waals surface area contributed by atoms with Gasteiger partial charge in [0.2, 0.25) is 17.7 Å². The minimum Gasteiger partial charge on any atom is -0.488 e. The van der Waals surface area contributed by atoms with E-state index in [9.17, 15) is 24.0 Å². The Balaban J connectivity index is 0.000000902. The highest BCUT2D eigenvalue weighted by Gasteiger charge is 2.32. The quantitative estimate of drug-likeness (QED) is 0.267. The van der Waals surface area contributed by atoms with Gasteiger partial charge in [-0.25, -0.2) is 4.79 Å². The topological polar surface area (TPSA) is 152 Å². The van der Waals surface area contributed by atoms with Crippen LogP contribution in [0.5, 0.6) is 5.75 Å². The van der Waals surface area contributed by atoms with Gasteiger partial charge in [-0.1, -0.05) is 89.0 Å². The monoisotopic (exact) mass is 686 g/mol. The third-order valence-electron chi connectivity index (χ3n) is 7.08. The number of carbonyl (C=O) groups is 5. The van der Waals surface area contributed by atoms with Crippen molar-refractivity contribution in [2.24, 2.45) is 11.8 Å². The van der Waals surface area contributed by atoms with Gasteiger partial charge in [-0.15, -0.1) is 0 Å². The molecule has 2 heterocycles. The van der Waals surface area contributed by atoms with Gasteiger partial charge in [0, 0.05) is 23.0 Å². The number of esters is 1. The summed E-state index contributed by atoms with van der Waals surface area (Å²) in [6.45, 7) is 13.7. The lowest BCUT2D eigenvalue weighted by Gasteiger charge is -2.24. The molecule has 0 aliphatic carbocycles. The minimum absolute atomic E-state index is 0.0310. The van der Waals surface area contributed by atoms with Crippen LogP contribution in [0.15, 0.2) is 54.1 Å². The van der Waals surface area contributed by atoms with Crippen molar-refractivity contribution in [3.63, 3.8) is 0 Å². The lowest BCUT2D eigenvalue weighted by Crippen LogP contribution is -2.53. The number of hydrogen-bond donors (Lipinski definition) is 4. The van der Waals surface area contributed by atoms with Gasteiger partial charge in [-0.3, -0.25) is 19.2 Å². The van der Waals surface area contributed by atoms with Crippen molar-refractivity contribution in [3.05, 3.63) is 70.3 Å². The number of rotatable bonds is 10. The highest BCUT2D eigenvalue weighted by atomic mass is 35.5. The van der Waals surface area contributed by atoms with Gasteiger partial charge in [-0.2, -0.15) is 0 Å². The number of fused-ring (bicyclic) bond motifs is 1. The number of benzene rings is 2. The highest BCUT2D eigenvalue weighted by molar-refractivity contribution is 6.30. The minimum atomic E-state index is -1.03. The van der Waals surface area contributed by atoms with Crippen LogP contribution in [0.1, 0.15) is 65.5 Å². The van der Waals surface area contributed by atoms with Crippen LogP contribution in [0.2, 0.25) is 5.02 Å². The summed E-state index contributed by atoms with van der Waals surface area (Å²) in [4.78, 5) is 62.1. The van der Waals surface area contributed by atoms with E-state index in [4.69, 9.17) is 21.1 Å². The van der Waals surface area contributed by atoms with E-state index in [-0.39, 0.29) is 24.9 Å². The molecular formula is C36H51ClN4O7. The zero-order chi connectivity index (χ0) is 36.2. The summed E-state index contributed by atoms with van der Waals surface area (Å²) < 4.78 is 10.4. The predicted octanol–water partition coefficient (Wildman–Crippen LogP) is 4.60. The molecule has 0 saturated carbocycles. The molecule has 0 aromatic heterocycles. The van der Waals surface area contributed by atoms with E-state index >= 15 is 0 Å². The van der Waals surface area contributed by atoms with E-state index in [1.165, 1.54) is 12.7 Å². The van der Waals surface area contributed by atoms with Gasteiger partial charge in [0.25, 0.3) is 5.91 Å². The Morgan fingerprint density at radius 3 is 2.23 bits per heavy atom. The van der Waals surface area contributed by atoms with Crippen LogP contribution < -0.4 is 26.0 Å². The van der Waals surface area contributed by atoms with Crippen LogP contribution >= 0.6 is 11.6 Å². The molecule has 264 valence electrons. The first kappa shape index (κ1) is 41.6. The zero-order valence-corrected chi connectivity index (χ0v) is 30.0. The summed E-state index contributed by atoms with van der Waals surface area (Å²) in [5.74, 6) is -2.65. The number of hydrogen-bond acceptors (Lipinski definition) is 7. The first-order valence-corrected chi connectivity index (χ1v) is 16.7. The lowest BCUT2D eigenvalue weighted by molar-refractivity contribution is -0.145. The molecule has 2 aliphatic rings. The van der Waals surface area contributed by atoms with E-state index in [0.29, 0.717) is 34.9 Å². The van der Waals surface area contributed by atoms with Crippen molar-refractivity contribution < 1.29 is 33.4 Å². The maximum atomic E-state index is 12.9. The first-order valence-electron chi connectivity index (χ1n) is 16.4. The molecule has 4 amide bonds. The van der Waals surface area contributed by atoms with Crippen molar-refractivity contribution in [2.45, 2.75) is 73.4 Å². The van der Waals surface area contributed by atoms with Crippen molar-refractivity contribution >= 4 is 47.3 Å². The Bertz CT molecular complexity index is 1380. The fourth-order valence-corrected chi connectivity index (χ4v) is 4.80. The summed E-state index contributed by atoms with van der Waals surface area (Å²) in [5.41, 5.74) is 2.30. The molecule has 3 unspecified atom stereocenters. The molecule has 11 nitrogen and oxygen atoms in total. The molecule has 2 aromatic carbocycles. The molecular weight excluding hydrogens is 636 g/mol. The molecule has 0 radical (unpaired) electrons. The molecule has 48 heavy (non-hydrogen) atoms. The Kier molecular flexibility index (Phi) is 19.3. The summed E-state index contributed by atoms with van der Waals surface area (Å²) >= 11 is 6.02. The number of carbonyl (C=O) groups excluding carboxylic acids is 5. The second kappa shape index (κ2) is 22.2. The van der Waals surface area contributed by atoms with Crippen LogP contribution in [0.25, 0.3) is 6.08 Å². The molecule has 2 aliphatic heterocycles. The number of nitrogens with one attached hydrogen (secondary N) is 4. The predicted molar refractivity (Wildman–Crippen MR) is 188 cm³/mol. The maximum absolute atomic E-state index is 12.9. The van der Waals surface area contributed by atoms with Crippen LogP contribution in [-0.2, 0) is 28.7 Å². The van der Waals surface area contributed by atoms with Crippen LogP contribution in [0, 0.1) is 18.8 Å². The lowest BCUT2D eigenvalue weighted by atomic mass is 9.98. The Labute approximate surface area is 289 Å². The van der Waals surface area contributed by atoms with Gasteiger partial charge in [0.1, 0.15) is 24.4 Å². The standard InChI is InChI=1S/C25H31ClN4O7.C7H8.2C2H6/c1-13(2)21(30-23(33)16-8-15-9-17(26)4-5-19(15)37-12-16)24(34)28-11-20(31)29-18(25(35)36-3)10-14-6-7-27-22(14)32;1-7-5-3-2-4-6-7;2*1-2/h4-5,8-9,13-14,18,21H,6-7,10-12H2,1-3H3,(H,27,32)(H,28,34)(H,29,31)(H,30,33);2-6H,1H3;2*1-2H3. The molecule has 12 heteroatoms. The van der Waals surface area contributed by atoms with Crippen molar-refractivity contribution in [1.29, 1.82) is 0 Å². The van der Waals surface area contributed by atoms with Gasteiger partial charge in [-0.05, 0) is 50.0 Å². The fourth-order valence-electron chi connectivity index (χ4n) is 4.62. The smallest absolute Gasteiger partial charge is 0.328 e. The van der Waals surface area contributed by atoms with E-state index < -0.39 is 48.2 Å². The SMILES string of the molecule is CC.CC.COC(=O)C(CC1CCNC1=O)NC(=O)CNC(=O)C(NC(=O)C1=Cc2cc(Cl)ccc2OC1)C(C)C.Cc1ccccc1. The van der Waals surface area contributed by atoms with Crippen molar-refractivity contribution in [3.8, 4) is 5.75 Å². The maximum Gasteiger partial charge on any atom is 0.328 e. The molecule has 0 bridgehead atoms. The van der Waals surface area contributed by atoms with Gasteiger partial charge >= 0.3 is 5.97 Å². The van der Waals surface area contributed by atoms with Crippen molar-refractivity contribution in [1.82, 2.24) is 21.3 Å². The fraction of sp³-hybridized carbons (Fsp3) is 0.472. The Hall–Kier alpha value is -4.38. The van der Waals surface area contributed by atoms with Gasteiger partial charge in [0.05, 0.1) is 19.2 Å². The molecule has 3 atom stereocenters. The largest absolute Gasteiger partial charge is 0.488 e. The number of methoxy groups -OCH3 is 1. The number of aryl methyl sites for hydroxylation is 1. The van der Waals surface area contributed by atoms with Gasteiger partial charge < -0.3 is 30.7 Å². The molecule has 0 spiro atoms. The Morgan fingerprint density at radius 2 is 1.69 bits per heavy atom.